The van der Waals surface area contributed by atoms with Crippen molar-refractivity contribution in [2.75, 3.05) is 38.1 Å². The molecule has 3 aromatic rings. The summed E-state index contributed by atoms with van der Waals surface area (Å²) in [4.78, 5) is 22.8. The minimum absolute atomic E-state index is 0.0274. The second-order valence-corrected chi connectivity index (χ2v) is 7.46. The molecular weight excluding hydrogens is 350 g/mol. The zero-order valence-corrected chi connectivity index (χ0v) is 16.7. The predicted octanol–water partition coefficient (Wildman–Crippen LogP) is 1.75. The Hall–Kier alpha value is -2.99. The largest absolute Gasteiger partial charge is 0.353 e. The molecule has 0 unspecified atom stereocenters. The maximum absolute atomic E-state index is 13.3. The van der Waals surface area contributed by atoms with Crippen LogP contribution in [-0.4, -0.2) is 47.5 Å². The lowest BCUT2D eigenvalue weighted by Crippen LogP contribution is -2.45. The highest BCUT2D eigenvalue weighted by Crippen LogP contribution is 2.21. The van der Waals surface area contributed by atoms with Crippen LogP contribution in [0.3, 0.4) is 0 Å². The maximum atomic E-state index is 13.3. The highest BCUT2D eigenvalue weighted by Gasteiger charge is 2.21. The monoisotopic (exact) mass is 376 g/mol. The van der Waals surface area contributed by atoms with Crippen LogP contribution in [0.5, 0.6) is 0 Å². The third kappa shape index (κ3) is 3.55. The van der Waals surface area contributed by atoms with Crippen molar-refractivity contribution in [2.24, 2.45) is 7.05 Å². The summed E-state index contributed by atoms with van der Waals surface area (Å²) in [6, 6.07) is 7.95. The lowest BCUT2D eigenvalue weighted by atomic mass is 10.1. The van der Waals surface area contributed by atoms with E-state index in [1.165, 1.54) is 0 Å². The fourth-order valence-electron chi connectivity index (χ4n) is 3.51. The number of piperazine rings is 1. The van der Waals surface area contributed by atoms with Gasteiger partial charge in [-0.2, -0.15) is 0 Å². The standard InChI is InChI=1S/C22H26N5O/c1-17-5-4-10-27-20(17)23-21(26-15-13-25(3)14-16-26)19(22(27)28)7-6-18-8-11-24(2)12-9-18/h4-12H,13-16H2,1-3H3/q+1. The fourth-order valence-corrected chi connectivity index (χ4v) is 3.51. The van der Waals surface area contributed by atoms with E-state index in [1.807, 2.05) is 67.3 Å². The Morgan fingerprint density at radius 1 is 1.07 bits per heavy atom. The van der Waals surface area contributed by atoms with Crippen LogP contribution in [0.1, 0.15) is 16.7 Å². The summed E-state index contributed by atoms with van der Waals surface area (Å²) >= 11 is 0. The molecule has 1 saturated heterocycles. The molecule has 4 rings (SSSR count). The van der Waals surface area contributed by atoms with Crippen molar-refractivity contribution >= 4 is 23.6 Å². The quantitative estimate of drug-likeness (QED) is 0.654. The second-order valence-electron chi connectivity index (χ2n) is 7.46. The third-order valence-electron chi connectivity index (χ3n) is 5.31. The molecule has 4 heterocycles. The number of aromatic nitrogens is 3. The lowest BCUT2D eigenvalue weighted by Gasteiger charge is -2.34. The molecule has 0 atom stereocenters. The van der Waals surface area contributed by atoms with Crippen LogP contribution in [0.4, 0.5) is 5.82 Å². The summed E-state index contributed by atoms with van der Waals surface area (Å²) in [6.07, 6.45) is 9.68. The molecule has 1 fully saturated rings. The van der Waals surface area contributed by atoms with E-state index < -0.39 is 0 Å². The normalized spacial score (nSPS) is 15.6. The van der Waals surface area contributed by atoms with Gasteiger partial charge in [0, 0.05) is 44.5 Å². The number of pyridine rings is 2. The minimum Gasteiger partial charge on any atom is -0.353 e. The van der Waals surface area contributed by atoms with E-state index in [2.05, 4.69) is 16.8 Å². The number of aryl methyl sites for hydroxylation is 2. The van der Waals surface area contributed by atoms with E-state index in [1.54, 1.807) is 10.6 Å². The van der Waals surface area contributed by atoms with Crippen LogP contribution in [0.2, 0.25) is 0 Å². The molecule has 0 saturated carbocycles. The number of hydrogen-bond donors (Lipinski definition) is 0. The summed E-state index contributed by atoms with van der Waals surface area (Å²) in [5.74, 6) is 0.783. The van der Waals surface area contributed by atoms with Gasteiger partial charge in [0.05, 0.1) is 5.56 Å². The molecule has 6 nitrogen and oxygen atoms in total. The molecule has 0 amide bonds. The molecule has 0 spiro atoms. The highest BCUT2D eigenvalue weighted by molar-refractivity contribution is 5.76. The average Bonchev–Trinajstić information content (AvgIpc) is 2.70. The van der Waals surface area contributed by atoms with Gasteiger partial charge in [-0.25, -0.2) is 9.55 Å². The van der Waals surface area contributed by atoms with Gasteiger partial charge in [-0.1, -0.05) is 12.1 Å². The predicted molar refractivity (Wildman–Crippen MR) is 112 cm³/mol. The van der Waals surface area contributed by atoms with Gasteiger partial charge < -0.3 is 9.80 Å². The SMILES string of the molecule is Cc1cccn2c(=O)c(/C=C/c3cc[n+](C)cc3)c(N3CCN(C)CC3)nc12. The van der Waals surface area contributed by atoms with Gasteiger partial charge in [-0.05, 0) is 37.2 Å². The van der Waals surface area contributed by atoms with Crippen molar-refractivity contribution < 1.29 is 4.57 Å². The summed E-state index contributed by atoms with van der Waals surface area (Å²) in [5.41, 5.74) is 3.39. The van der Waals surface area contributed by atoms with E-state index in [0.29, 0.717) is 5.56 Å². The van der Waals surface area contributed by atoms with Crippen LogP contribution in [0.25, 0.3) is 17.8 Å². The number of anilines is 1. The smallest absolute Gasteiger partial charge is 0.267 e. The number of fused-ring (bicyclic) bond motifs is 1. The third-order valence-corrected chi connectivity index (χ3v) is 5.31. The molecule has 3 aromatic heterocycles. The van der Waals surface area contributed by atoms with E-state index in [0.717, 1.165) is 48.8 Å². The first-order chi connectivity index (χ1) is 13.5. The summed E-state index contributed by atoms with van der Waals surface area (Å²) in [6.45, 7) is 5.66. The first kappa shape index (κ1) is 18.4. The van der Waals surface area contributed by atoms with Crippen molar-refractivity contribution in [3.63, 3.8) is 0 Å². The van der Waals surface area contributed by atoms with Crippen LogP contribution in [-0.2, 0) is 7.05 Å². The molecule has 0 radical (unpaired) electrons. The van der Waals surface area contributed by atoms with Crippen molar-refractivity contribution in [1.29, 1.82) is 0 Å². The Morgan fingerprint density at radius 3 is 2.50 bits per heavy atom. The number of rotatable bonds is 3. The van der Waals surface area contributed by atoms with Gasteiger partial charge in [0.1, 0.15) is 18.5 Å². The molecule has 144 valence electrons. The van der Waals surface area contributed by atoms with E-state index >= 15 is 0 Å². The van der Waals surface area contributed by atoms with Gasteiger partial charge in [0.15, 0.2) is 12.4 Å². The van der Waals surface area contributed by atoms with E-state index in [-0.39, 0.29) is 5.56 Å². The molecule has 0 aromatic carbocycles. The average molecular weight is 376 g/mol. The highest BCUT2D eigenvalue weighted by atomic mass is 16.1. The van der Waals surface area contributed by atoms with Crippen molar-refractivity contribution in [3.05, 3.63) is 69.9 Å². The van der Waals surface area contributed by atoms with Crippen LogP contribution < -0.4 is 15.0 Å². The Morgan fingerprint density at radius 2 is 1.79 bits per heavy atom. The van der Waals surface area contributed by atoms with E-state index in [4.69, 9.17) is 4.98 Å². The van der Waals surface area contributed by atoms with Crippen LogP contribution in [0, 0.1) is 6.92 Å². The van der Waals surface area contributed by atoms with Gasteiger partial charge in [0.2, 0.25) is 0 Å². The zero-order chi connectivity index (χ0) is 19.7. The number of likely N-dealkylation sites (N-methyl/N-ethyl adjacent to an activating group) is 1. The molecule has 1 aliphatic rings. The zero-order valence-electron chi connectivity index (χ0n) is 16.7. The van der Waals surface area contributed by atoms with E-state index in [9.17, 15) is 4.79 Å². The van der Waals surface area contributed by atoms with Crippen molar-refractivity contribution in [3.8, 4) is 0 Å². The van der Waals surface area contributed by atoms with Crippen molar-refractivity contribution in [2.45, 2.75) is 6.92 Å². The second kappa shape index (κ2) is 7.56. The Kier molecular flexibility index (Phi) is 4.96. The Bertz CT molecular complexity index is 1080. The molecule has 6 heteroatoms. The topological polar surface area (TPSA) is 44.7 Å². The molecule has 0 bridgehead atoms. The van der Waals surface area contributed by atoms with Crippen LogP contribution in [0.15, 0.2) is 47.7 Å². The van der Waals surface area contributed by atoms with Gasteiger partial charge >= 0.3 is 0 Å². The first-order valence-electron chi connectivity index (χ1n) is 9.62. The molecule has 1 aliphatic heterocycles. The molecule has 0 aliphatic carbocycles. The maximum Gasteiger partial charge on any atom is 0.267 e. The Balaban J connectivity index is 1.84. The van der Waals surface area contributed by atoms with Gasteiger partial charge in [-0.3, -0.25) is 9.20 Å². The van der Waals surface area contributed by atoms with Crippen molar-refractivity contribution in [1.82, 2.24) is 14.3 Å². The summed E-state index contributed by atoms with van der Waals surface area (Å²) < 4.78 is 3.64. The summed E-state index contributed by atoms with van der Waals surface area (Å²) in [7, 11) is 4.11. The number of nitrogens with zero attached hydrogens (tertiary/aromatic N) is 5. The lowest BCUT2D eigenvalue weighted by molar-refractivity contribution is -0.671. The summed E-state index contributed by atoms with van der Waals surface area (Å²) in [5, 5.41) is 0. The fraction of sp³-hybridized carbons (Fsp3) is 0.318. The Labute approximate surface area is 165 Å². The minimum atomic E-state index is -0.0274. The first-order valence-corrected chi connectivity index (χ1v) is 9.62. The molecule has 0 N–H and O–H groups in total. The number of hydrogen-bond acceptors (Lipinski definition) is 4. The molecular formula is C22H26N5O+. The van der Waals surface area contributed by atoms with Gasteiger partial charge in [-0.15, -0.1) is 0 Å². The van der Waals surface area contributed by atoms with Crippen LogP contribution >= 0.6 is 0 Å². The molecule has 28 heavy (non-hydrogen) atoms. The van der Waals surface area contributed by atoms with Gasteiger partial charge in [0.25, 0.3) is 5.56 Å².